The first-order valence-corrected chi connectivity index (χ1v) is 5.65. The summed E-state index contributed by atoms with van der Waals surface area (Å²) in [5.41, 5.74) is -0.465. The lowest BCUT2D eigenvalue weighted by molar-refractivity contribution is -0.384. The van der Waals surface area contributed by atoms with Crippen molar-refractivity contribution in [3.05, 3.63) is 27.9 Å². The van der Waals surface area contributed by atoms with Crippen LogP contribution in [0.2, 0.25) is 0 Å². The molecule has 0 aliphatic carbocycles. The Balaban J connectivity index is 3.02. The SMILES string of the molecule is CCOCCN(C)c1nc(C(=O)O)ccc1[N+](=O)[O-]. The van der Waals surface area contributed by atoms with Gasteiger partial charge in [0.05, 0.1) is 11.5 Å². The minimum absolute atomic E-state index is 0.0182. The van der Waals surface area contributed by atoms with Crippen molar-refractivity contribution < 1.29 is 19.6 Å². The van der Waals surface area contributed by atoms with E-state index in [-0.39, 0.29) is 17.2 Å². The van der Waals surface area contributed by atoms with Crippen LogP contribution in [0.5, 0.6) is 0 Å². The zero-order chi connectivity index (χ0) is 14.4. The smallest absolute Gasteiger partial charge is 0.354 e. The highest BCUT2D eigenvalue weighted by Gasteiger charge is 2.21. The summed E-state index contributed by atoms with van der Waals surface area (Å²) in [5, 5.41) is 19.8. The molecule has 0 aliphatic heterocycles. The van der Waals surface area contributed by atoms with Gasteiger partial charge in [-0.2, -0.15) is 0 Å². The van der Waals surface area contributed by atoms with Crippen molar-refractivity contribution in [2.24, 2.45) is 0 Å². The van der Waals surface area contributed by atoms with Crippen molar-refractivity contribution >= 4 is 17.5 Å². The molecule has 8 heteroatoms. The van der Waals surface area contributed by atoms with Crippen LogP contribution in [0.4, 0.5) is 11.5 Å². The molecule has 0 fully saturated rings. The molecule has 0 amide bonds. The zero-order valence-electron chi connectivity index (χ0n) is 10.7. The van der Waals surface area contributed by atoms with Crippen molar-refractivity contribution in [3.8, 4) is 0 Å². The Morgan fingerprint density at radius 3 is 2.79 bits per heavy atom. The molecule has 1 aromatic rings. The number of carboxylic acids is 1. The number of likely N-dealkylation sites (N-methyl/N-ethyl adjacent to an activating group) is 1. The first-order valence-electron chi connectivity index (χ1n) is 5.65. The molecule has 0 bridgehead atoms. The molecule has 1 heterocycles. The topological polar surface area (TPSA) is 106 Å². The molecule has 0 saturated carbocycles. The third kappa shape index (κ3) is 3.88. The number of nitro groups is 1. The fourth-order valence-electron chi connectivity index (χ4n) is 1.44. The molecule has 104 valence electrons. The Hall–Kier alpha value is -2.22. The van der Waals surface area contributed by atoms with E-state index in [0.29, 0.717) is 19.8 Å². The summed E-state index contributed by atoms with van der Waals surface area (Å²) in [7, 11) is 1.60. The number of nitrogens with zero attached hydrogens (tertiary/aromatic N) is 3. The summed E-state index contributed by atoms with van der Waals surface area (Å²) in [6.45, 7) is 3.14. The average Bonchev–Trinajstić information content (AvgIpc) is 2.37. The van der Waals surface area contributed by atoms with Gasteiger partial charge in [-0.1, -0.05) is 0 Å². The summed E-state index contributed by atoms with van der Waals surface area (Å²) in [6.07, 6.45) is 0. The van der Waals surface area contributed by atoms with E-state index in [1.54, 1.807) is 7.05 Å². The number of carboxylic acid groups (broad SMARTS) is 1. The Morgan fingerprint density at radius 1 is 1.58 bits per heavy atom. The lowest BCUT2D eigenvalue weighted by atomic mass is 10.3. The Bertz CT molecular complexity index is 477. The van der Waals surface area contributed by atoms with Gasteiger partial charge in [0.2, 0.25) is 5.82 Å². The molecule has 19 heavy (non-hydrogen) atoms. The second kappa shape index (κ2) is 6.64. The molecule has 1 N–H and O–H groups in total. The van der Waals surface area contributed by atoms with Crippen LogP contribution < -0.4 is 4.90 Å². The van der Waals surface area contributed by atoms with E-state index in [0.717, 1.165) is 12.1 Å². The van der Waals surface area contributed by atoms with Crippen LogP contribution in [0.25, 0.3) is 0 Å². The molecule has 1 rings (SSSR count). The van der Waals surface area contributed by atoms with Crippen LogP contribution in [0, 0.1) is 10.1 Å². The number of hydrogen-bond donors (Lipinski definition) is 1. The van der Waals surface area contributed by atoms with E-state index >= 15 is 0 Å². The maximum absolute atomic E-state index is 10.9. The van der Waals surface area contributed by atoms with Gasteiger partial charge in [-0.05, 0) is 13.0 Å². The number of rotatable bonds is 7. The van der Waals surface area contributed by atoms with Gasteiger partial charge in [0, 0.05) is 26.3 Å². The van der Waals surface area contributed by atoms with Crippen LogP contribution in [0.3, 0.4) is 0 Å². The van der Waals surface area contributed by atoms with E-state index in [1.807, 2.05) is 6.92 Å². The van der Waals surface area contributed by atoms with Crippen LogP contribution in [-0.4, -0.2) is 47.8 Å². The monoisotopic (exact) mass is 269 g/mol. The van der Waals surface area contributed by atoms with E-state index in [1.165, 1.54) is 4.90 Å². The molecule has 0 spiro atoms. The molecule has 1 aromatic heterocycles. The van der Waals surface area contributed by atoms with Gasteiger partial charge in [-0.3, -0.25) is 10.1 Å². The van der Waals surface area contributed by atoms with Crippen LogP contribution >= 0.6 is 0 Å². The maximum atomic E-state index is 10.9. The Labute approximate surface area is 109 Å². The van der Waals surface area contributed by atoms with Crippen LogP contribution in [0.15, 0.2) is 12.1 Å². The van der Waals surface area contributed by atoms with Crippen LogP contribution in [-0.2, 0) is 4.74 Å². The van der Waals surface area contributed by atoms with E-state index in [9.17, 15) is 14.9 Å². The summed E-state index contributed by atoms with van der Waals surface area (Å²) in [6, 6.07) is 2.25. The van der Waals surface area contributed by atoms with Gasteiger partial charge < -0.3 is 14.7 Å². The first kappa shape index (κ1) is 14.8. The number of carbonyl (C=O) groups is 1. The second-order valence-electron chi connectivity index (χ2n) is 3.72. The molecular formula is C11H15N3O5. The lowest BCUT2D eigenvalue weighted by Crippen LogP contribution is -2.25. The van der Waals surface area contributed by atoms with Crippen LogP contribution in [0.1, 0.15) is 17.4 Å². The van der Waals surface area contributed by atoms with Gasteiger partial charge >= 0.3 is 11.7 Å². The number of hydrogen-bond acceptors (Lipinski definition) is 6. The third-order valence-electron chi connectivity index (χ3n) is 2.41. The molecule has 0 unspecified atom stereocenters. The minimum atomic E-state index is -1.23. The number of ether oxygens (including phenoxy) is 1. The third-order valence-corrected chi connectivity index (χ3v) is 2.41. The summed E-state index contributed by atoms with van der Waals surface area (Å²) >= 11 is 0. The molecular weight excluding hydrogens is 254 g/mol. The number of pyridine rings is 1. The molecule has 0 saturated heterocycles. The van der Waals surface area contributed by atoms with Gasteiger partial charge in [-0.25, -0.2) is 9.78 Å². The number of anilines is 1. The highest BCUT2D eigenvalue weighted by molar-refractivity contribution is 5.86. The standard InChI is InChI=1S/C11H15N3O5/c1-3-19-7-6-13(2)10-9(14(17)18)5-4-8(12-10)11(15)16/h4-5H,3,6-7H2,1-2H3,(H,15,16). The summed E-state index contributed by atoms with van der Waals surface area (Å²) < 4.78 is 5.15. The highest BCUT2D eigenvalue weighted by Crippen LogP contribution is 2.25. The van der Waals surface area contributed by atoms with Crippen molar-refractivity contribution in [1.29, 1.82) is 0 Å². The predicted molar refractivity (Wildman–Crippen MR) is 67.6 cm³/mol. The predicted octanol–water partition coefficient (Wildman–Crippen LogP) is 1.16. The first-order chi connectivity index (χ1) is 8.97. The fourth-order valence-corrected chi connectivity index (χ4v) is 1.44. The quantitative estimate of drug-likeness (QED) is 0.449. The number of aromatic carboxylic acids is 1. The lowest BCUT2D eigenvalue weighted by Gasteiger charge is -2.17. The number of aromatic nitrogens is 1. The minimum Gasteiger partial charge on any atom is -0.477 e. The molecule has 8 nitrogen and oxygen atoms in total. The maximum Gasteiger partial charge on any atom is 0.354 e. The fraction of sp³-hybridized carbons (Fsp3) is 0.455. The Kier molecular flexibility index (Phi) is 5.19. The van der Waals surface area contributed by atoms with Crippen molar-refractivity contribution in [3.63, 3.8) is 0 Å². The second-order valence-corrected chi connectivity index (χ2v) is 3.72. The molecule has 0 radical (unpaired) electrons. The zero-order valence-corrected chi connectivity index (χ0v) is 10.7. The van der Waals surface area contributed by atoms with Crippen molar-refractivity contribution in [1.82, 2.24) is 4.98 Å². The van der Waals surface area contributed by atoms with Crippen molar-refractivity contribution in [2.75, 3.05) is 31.7 Å². The summed E-state index contributed by atoms with van der Waals surface area (Å²) in [4.78, 5) is 26.4. The summed E-state index contributed by atoms with van der Waals surface area (Å²) in [5.74, 6) is -1.21. The van der Waals surface area contributed by atoms with E-state index in [2.05, 4.69) is 4.98 Å². The van der Waals surface area contributed by atoms with Gasteiger partial charge in [0.15, 0.2) is 5.69 Å². The largest absolute Gasteiger partial charge is 0.477 e. The Morgan fingerprint density at radius 2 is 2.26 bits per heavy atom. The normalized spacial score (nSPS) is 10.2. The van der Waals surface area contributed by atoms with Gasteiger partial charge in [0.1, 0.15) is 0 Å². The van der Waals surface area contributed by atoms with Gasteiger partial charge in [-0.15, -0.1) is 0 Å². The average molecular weight is 269 g/mol. The highest BCUT2D eigenvalue weighted by atomic mass is 16.6. The molecule has 0 atom stereocenters. The van der Waals surface area contributed by atoms with E-state index in [4.69, 9.17) is 9.84 Å². The molecule has 0 aliphatic rings. The van der Waals surface area contributed by atoms with Gasteiger partial charge in [0.25, 0.3) is 0 Å². The van der Waals surface area contributed by atoms with Crippen molar-refractivity contribution in [2.45, 2.75) is 6.92 Å². The molecule has 0 aromatic carbocycles. The van der Waals surface area contributed by atoms with E-state index < -0.39 is 10.9 Å².